The van der Waals surface area contributed by atoms with Crippen LogP contribution in [0.15, 0.2) is 24.7 Å². The van der Waals surface area contributed by atoms with Gasteiger partial charge in [0.25, 0.3) is 0 Å². The lowest BCUT2D eigenvalue weighted by Gasteiger charge is -2.10. The molecule has 120 valence electrons. The average Bonchev–Trinajstić information content (AvgIpc) is 3.16. The second-order valence-corrected chi connectivity index (χ2v) is 5.45. The third-order valence-electron chi connectivity index (χ3n) is 3.82. The number of methoxy groups -OCH3 is 1. The molecule has 2 aromatic heterocycles. The van der Waals surface area contributed by atoms with Gasteiger partial charge in [-0.3, -0.25) is 4.57 Å². The molecule has 7 heteroatoms. The number of nitrogens with zero attached hydrogens (tertiary/aromatic N) is 4. The van der Waals surface area contributed by atoms with Crippen LogP contribution in [-0.4, -0.2) is 32.2 Å². The Morgan fingerprint density at radius 2 is 2.17 bits per heavy atom. The zero-order chi connectivity index (χ0) is 16.6. The van der Waals surface area contributed by atoms with Gasteiger partial charge in [0, 0.05) is 6.54 Å². The quantitative estimate of drug-likeness (QED) is 0.544. The molecule has 0 atom stereocenters. The van der Waals surface area contributed by atoms with Crippen molar-refractivity contribution >= 4 is 28.6 Å². The van der Waals surface area contributed by atoms with Crippen LogP contribution in [0.3, 0.4) is 0 Å². The van der Waals surface area contributed by atoms with Crippen LogP contribution >= 0.6 is 11.6 Å². The number of hydrogen-bond donors (Lipinski definition) is 0. The number of carbonyl (C=O) groups is 1. The lowest BCUT2D eigenvalue weighted by molar-refractivity contribution is 0.0601. The molecule has 0 aliphatic carbocycles. The van der Waals surface area contributed by atoms with Crippen LogP contribution in [-0.2, 0) is 17.2 Å². The Balaban J connectivity index is 2.35. The molecule has 0 spiro atoms. The van der Waals surface area contributed by atoms with E-state index in [0.29, 0.717) is 11.4 Å². The topological polar surface area (TPSA) is 61.9 Å². The molecule has 0 saturated heterocycles. The van der Waals surface area contributed by atoms with Gasteiger partial charge in [0.1, 0.15) is 11.6 Å². The molecular formula is C16H17ClN4O2. The zero-order valence-electron chi connectivity index (χ0n) is 13.2. The summed E-state index contributed by atoms with van der Waals surface area (Å²) in [5, 5.41) is 0. The van der Waals surface area contributed by atoms with Gasteiger partial charge in [-0.15, -0.1) is 11.6 Å². The molecule has 0 amide bonds. The van der Waals surface area contributed by atoms with Crippen molar-refractivity contribution in [3.8, 4) is 5.82 Å². The van der Waals surface area contributed by atoms with Gasteiger partial charge in [-0.25, -0.2) is 14.8 Å². The van der Waals surface area contributed by atoms with Crippen LogP contribution in [0.5, 0.6) is 0 Å². The Morgan fingerprint density at radius 1 is 1.39 bits per heavy atom. The summed E-state index contributed by atoms with van der Waals surface area (Å²) in [7, 11) is 1.37. The number of imidazole rings is 2. The molecule has 2 heterocycles. The number of aryl methyl sites for hydroxylation is 2. The summed E-state index contributed by atoms with van der Waals surface area (Å²) in [6, 6.07) is 3.56. The van der Waals surface area contributed by atoms with Gasteiger partial charge in [-0.1, -0.05) is 0 Å². The molecule has 0 unspecified atom stereocenters. The van der Waals surface area contributed by atoms with Gasteiger partial charge in [-0.05, 0) is 31.5 Å². The molecule has 0 aliphatic rings. The van der Waals surface area contributed by atoms with E-state index in [1.807, 2.05) is 23.0 Å². The van der Waals surface area contributed by atoms with Crippen molar-refractivity contribution in [3.63, 3.8) is 0 Å². The zero-order valence-corrected chi connectivity index (χ0v) is 14.0. The predicted molar refractivity (Wildman–Crippen MR) is 88.2 cm³/mol. The number of rotatable bonds is 4. The average molecular weight is 333 g/mol. The number of alkyl halides is 1. The van der Waals surface area contributed by atoms with E-state index in [0.717, 1.165) is 29.0 Å². The number of ether oxygens (including phenoxy) is 1. The molecule has 3 rings (SSSR count). The third-order valence-corrected chi connectivity index (χ3v) is 4.06. The summed E-state index contributed by atoms with van der Waals surface area (Å²) in [4.78, 5) is 20.7. The minimum absolute atomic E-state index is 0.260. The molecule has 0 N–H and O–H groups in total. The first-order chi connectivity index (χ1) is 11.1. The van der Waals surface area contributed by atoms with E-state index in [4.69, 9.17) is 16.3 Å². The van der Waals surface area contributed by atoms with Crippen LogP contribution in [0.1, 0.15) is 28.7 Å². The van der Waals surface area contributed by atoms with Gasteiger partial charge in [0.05, 0.1) is 42.1 Å². The molecule has 0 radical (unpaired) electrons. The molecule has 0 saturated carbocycles. The van der Waals surface area contributed by atoms with E-state index in [9.17, 15) is 4.79 Å². The molecule has 0 aliphatic heterocycles. The van der Waals surface area contributed by atoms with Crippen molar-refractivity contribution in [1.29, 1.82) is 0 Å². The van der Waals surface area contributed by atoms with Crippen molar-refractivity contribution in [3.05, 3.63) is 41.6 Å². The first-order valence-electron chi connectivity index (χ1n) is 7.27. The normalized spacial score (nSPS) is 11.1. The van der Waals surface area contributed by atoms with E-state index in [1.54, 1.807) is 24.7 Å². The first kappa shape index (κ1) is 15.6. The van der Waals surface area contributed by atoms with Crippen molar-refractivity contribution in [2.24, 2.45) is 0 Å². The highest BCUT2D eigenvalue weighted by Gasteiger charge is 2.18. The van der Waals surface area contributed by atoms with Crippen LogP contribution in [0.2, 0.25) is 0 Å². The van der Waals surface area contributed by atoms with E-state index in [2.05, 4.69) is 9.97 Å². The molecule has 0 fully saturated rings. The van der Waals surface area contributed by atoms with Gasteiger partial charge in [-0.2, -0.15) is 0 Å². The molecule has 1 aromatic carbocycles. The molecule has 0 bridgehead atoms. The minimum atomic E-state index is -0.376. The standard InChI is InChI=1S/C16H17ClN4O2/c1-4-20-9-18-8-14(20)21-12-6-11(16(22)23-3)5-10(2)15(12)19-13(21)7-17/h5-6,8-9H,4,7H2,1-3H3. The number of fused-ring (bicyclic) bond motifs is 1. The van der Waals surface area contributed by atoms with Crippen molar-refractivity contribution in [2.45, 2.75) is 26.3 Å². The Labute approximate surface area is 138 Å². The summed E-state index contributed by atoms with van der Waals surface area (Å²) in [6.45, 7) is 4.73. The fraction of sp³-hybridized carbons (Fsp3) is 0.312. The smallest absolute Gasteiger partial charge is 0.337 e. The van der Waals surface area contributed by atoms with Crippen molar-refractivity contribution < 1.29 is 9.53 Å². The Bertz CT molecular complexity index is 882. The fourth-order valence-corrected chi connectivity index (χ4v) is 2.90. The lowest BCUT2D eigenvalue weighted by Crippen LogP contribution is -2.07. The highest BCUT2D eigenvalue weighted by Crippen LogP contribution is 2.26. The summed E-state index contributed by atoms with van der Waals surface area (Å²) < 4.78 is 8.78. The Morgan fingerprint density at radius 3 is 2.83 bits per heavy atom. The number of benzene rings is 1. The van der Waals surface area contributed by atoms with Crippen LogP contribution in [0, 0.1) is 6.92 Å². The van der Waals surface area contributed by atoms with E-state index >= 15 is 0 Å². The van der Waals surface area contributed by atoms with Crippen LogP contribution in [0.4, 0.5) is 0 Å². The first-order valence-corrected chi connectivity index (χ1v) is 7.80. The van der Waals surface area contributed by atoms with Crippen LogP contribution in [0.25, 0.3) is 16.9 Å². The summed E-state index contributed by atoms with van der Waals surface area (Å²) in [6.07, 6.45) is 3.52. The molecule has 23 heavy (non-hydrogen) atoms. The van der Waals surface area contributed by atoms with Gasteiger partial charge >= 0.3 is 5.97 Å². The van der Waals surface area contributed by atoms with Crippen molar-refractivity contribution in [2.75, 3.05) is 7.11 Å². The second kappa shape index (κ2) is 6.04. The lowest BCUT2D eigenvalue weighted by atomic mass is 10.1. The maximum atomic E-state index is 11.9. The maximum absolute atomic E-state index is 11.9. The van der Waals surface area contributed by atoms with Crippen LogP contribution < -0.4 is 0 Å². The van der Waals surface area contributed by atoms with Gasteiger partial charge in [0.2, 0.25) is 0 Å². The van der Waals surface area contributed by atoms with E-state index in [-0.39, 0.29) is 11.8 Å². The van der Waals surface area contributed by atoms with E-state index < -0.39 is 0 Å². The van der Waals surface area contributed by atoms with Gasteiger partial charge in [0.15, 0.2) is 0 Å². The monoisotopic (exact) mass is 332 g/mol. The van der Waals surface area contributed by atoms with Crippen molar-refractivity contribution in [1.82, 2.24) is 19.1 Å². The third kappa shape index (κ3) is 2.49. The molecule has 3 aromatic rings. The molecular weight excluding hydrogens is 316 g/mol. The maximum Gasteiger partial charge on any atom is 0.337 e. The predicted octanol–water partition coefficient (Wildman–Crippen LogP) is 3.08. The second-order valence-electron chi connectivity index (χ2n) is 5.19. The minimum Gasteiger partial charge on any atom is -0.465 e. The number of carbonyl (C=O) groups excluding carboxylic acids is 1. The fourth-order valence-electron chi connectivity index (χ4n) is 2.72. The largest absolute Gasteiger partial charge is 0.465 e. The summed E-state index contributed by atoms with van der Waals surface area (Å²) >= 11 is 6.09. The Hall–Kier alpha value is -2.34. The van der Waals surface area contributed by atoms with E-state index in [1.165, 1.54) is 7.11 Å². The number of halogens is 1. The number of aromatic nitrogens is 4. The Kier molecular flexibility index (Phi) is 4.09. The van der Waals surface area contributed by atoms with Gasteiger partial charge < -0.3 is 9.30 Å². The highest BCUT2D eigenvalue weighted by molar-refractivity contribution is 6.17. The SMILES string of the molecule is CCn1cncc1-n1c(CCl)nc2c(C)cc(C(=O)OC)cc21. The molecule has 6 nitrogen and oxygen atoms in total. The number of esters is 1. The summed E-state index contributed by atoms with van der Waals surface area (Å²) in [5.41, 5.74) is 3.02. The highest BCUT2D eigenvalue weighted by atomic mass is 35.5. The summed E-state index contributed by atoms with van der Waals surface area (Å²) in [5.74, 6) is 1.46. The number of hydrogen-bond acceptors (Lipinski definition) is 4.